The van der Waals surface area contributed by atoms with Gasteiger partial charge in [0.15, 0.2) is 6.23 Å². The van der Waals surface area contributed by atoms with Gasteiger partial charge in [-0.25, -0.2) is 0 Å². The molecule has 0 spiro atoms. The van der Waals surface area contributed by atoms with Crippen molar-refractivity contribution in [3.8, 4) is 5.75 Å². The van der Waals surface area contributed by atoms with E-state index in [4.69, 9.17) is 16.3 Å². The molecule has 2 aromatic rings. The van der Waals surface area contributed by atoms with Gasteiger partial charge in [-0.05, 0) is 18.2 Å². The van der Waals surface area contributed by atoms with Gasteiger partial charge >= 0.3 is 0 Å². The first-order valence-electron chi connectivity index (χ1n) is 5.11. The Morgan fingerprint density at radius 2 is 1.75 bits per heavy atom. The Morgan fingerprint density at radius 1 is 1.00 bits per heavy atom. The van der Waals surface area contributed by atoms with Crippen LogP contribution in [0.3, 0.4) is 0 Å². The maximum absolute atomic E-state index is 6.13. The van der Waals surface area contributed by atoms with Crippen molar-refractivity contribution < 1.29 is 4.74 Å². The van der Waals surface area contributed by atoms with E-state index in [1.807, 2.05) is 48.5 Å². The lowest BCUT2D eigenvalue weighted by molar-refractivity contribution is 0.260. The second-order valence-electron chi connectivity index (χ2n) is 3.66. The minimum absolute atomic E-state index is 0.189. The number of ether oxygens (including phenoxy) is 1. The largest absolute Gasteiger partial charge is 0.464 e. The number of hydrogen-bond acceptors (Lipinski definition) is 2. The van der Waals surface area contributed by atoms with Crippen LogP contribution in [-0.2, 0) is 0 Å². The van der Waals surface area contributed by atoms with Crippen LogP contribution >= 0.6 is 11.6 Å². The zero-order valence-electron chi connectivity index (χ0n) is 8.48. The molecule has 0 fully saturated rings. The molecule has 1 aliphatic rings. The van der Waals surface area contributed by atoms with Crippen molar-refractivity contribution in [2.24, 2.45) is 0 Å². The highest BCUT2D eigenvalue weighted by atomic mass is 35.5. The van der Waals surface area contributed by atoms with Gasteiger partial charge in [0.25, 0.3) is 0 Å². The highest BCUT2D eigenvalue weighted by molar-refractivity contribution is 6.31. The third-order valence-corrected chi connectivity index (χ3v) is 2.95. The molecule has 3 heteroatoms. The molecule has 2 nitrogen and oxygen atoms in total. The number of anilines is 1. The number of rotatable bonds is 1. The molecule has 2 aromatic carbocycles. The third-order valence-electron chi connectivity index (χ3n) is 2.61. The van der Waals surface area contributed by atoms with E-state index in [0.29, 0.717) is 5.02 Å². The minimum atomic E-state index is -0.189. The highest BCUT2D eigenvalue weighted by Gasteiger charge is 2.24. The van der Waals surface area contributed by atoms with Crippen molar-refractivity contribution in [1.82, 2.24) is 0 Å². The van der Waals surface area contributed by atoms with E-state index in [9.17, 15) is 0 Å². The fourth-order valence-corrected chi connectivity index (χ4v) is 2.05. The van der Waals surface area contributed by atoms with Crippen LogP contribution in [0.5, 0.6) is 5.75 Å². The van der Waals surface area contributed by atoms with E-state index in [0.717, 1.165) is 17.0 Å². The van der Waals surface area contributed by atoms with Gasteiger partial charge in [-0.15, -0.1) is 0 Å². The molecule has 0 saturated carbocycles. The quantitative estimate of drug-likeness (QED) is 0.805. The lowest BCUT2D eigenvalue weighted by Gasteiger charge is -2.12. The monoisotopic (exact) mass is 231 g/mol. The van der Waals surface area contributed by atoms with Crippen LogP contribution in [-0.4, -0.2) is 0 Å². The fourth-order valence-electron chi connectivity index (χ4n) is 1.82. The molecule has 1 atom stereocenters. The lowest BCUT2D eigenvalue weighted by Crippen LogP contribution is -2.10. The summed E-state index contributed by atoms with van der Waals surface area (Å²) in [6, 6.07) is 15.6. The Hall–Kier alpha value is -1.67. The van der Waals surface area contributed by atoms with Crippen molar-refractivity contribution in [2.75, 3.05) is 5.32 Å². The number of para-hydroxylation sites is 2. The predicted molar refractivity (Wildman–Crippen MR) is 64.9 cm³/mol. The molecule has 16 heavy (non-hydrogen) atoms. The van der Waals surface area contributed by atoms with Crippen molar-refractivity contribution in [2.45, 2.75) is 6.23 Å². The summed E-state index contributed by atoms with van der Waals surface area (Å²) in [7, 11) is 0. The van der Waals surface area contributed by atoms with Gasteiger partial charge in [0.05, 0.1) is 5.69 Å². The average Bonchev–Trinajstić information content (AvgIpc) is 2.73. The van der Waals surface area contributed by atoms with Crippen LogP contribution in [0.25, 0.3) is 0 Å². The third kappa shape index (κ3) is 1.51. The highest BCUT2D eigenvalue weighted by Crippen LogP contribution is 2.38. The number of fused-ring (bicyclic) bond motifs is 1. The van der Waals surface area contributed by atoms with Crippen LogP contribution in [0.2, 0.25) is 5.02 Å². The Kier molecular flexibility index (Phi) is 2.22. The summed E-state index contributed by atoms with van der Waals surface area (Å²) in [4.78, 5) is 0. The molecule has 0 bridgehead atoms. The molecule has 0 saturated heterocycles. The molecule has 1 aliphatic heterocycles. The van der Waals surface area contributed by atoms with E-state index in [1.54, 1.807) is 0 Å². The smallest absolute Gasteiger partial charge is 0.198 e. The molecule has 3 rings (SSSR count). The second kappa shape index (κ2) is 3.72. The molecular formula is C13H10ClNO. The number of hydrogen-bond donors (Lipinski definition) is 1. The van der Waals surface area contributed by atoms with Crippen LogP contribution in [0.1, 0.15) is 11.8 Å². The van der Waals surface area contributed by atoms with E-state index in [1.165, 1.54) is 0 Å². The predicted octanol–water partition coefficient (Wildman–Crippen LogP) is 3.84. The van der Waals surface area contributed by atoms with Gasteiger partial charge in [0.2, 0.25) is 0 Å². The van der Waals surface area contributed by atoms with Crippen molar-refractivity contribution >= 4 is 17.3 Å². The van der Waals surface area contributed by atoms with Crippen LogP contribution in [0.4, 0.5) is 5.69 Å². The first kappa shape index (κ1) is 9.55. The van der Waals surface area contributed by atoms with E-state index in [-0.39, 0.29) is 6.23 Å². The van der Waals surface area contributed by atoms with E-state index in [2.05, 4.69) is 5.32 Å². The van der Waals surface area contributed by atoms with Gasteiger partial charge < -0.3 is 10.1 Å². The summed E-state index contributed by atoms with van der Waals surface area (Å²) in [5.74, 6) is 0.868. The molecule has 0 unspecified atom stereocenters. The van der Waals surface area contributed by atoms with Crippen LogP contribution in [0.15, 0.2) is 48.5 Å². The van der Waals surface area contributed by atoms with E-state index >= 15 is 0 Å². The zero-order chi connectivity index (χ0) is 11.0. The molecule has 0 amide bonds. The topological polar surface area (TPSA) is 21.3 Å². The molecule has 1 N–H and O–H groups in total. The normalized spacial score (nSPS) is 17.4. The number of benzene rings is 2. The van der Waals surface area contributed by atoms with Crippen LogP contribution in [0, 0.1) is 0 Å². The van der Waals surface area contributed by atoms with Gasteiger partial charge in [0, 0.05) is 10.6 Å². The first-order chi connectivity index (χ1) is 7.84. The first-order valence-corrected chi connectivity index (χ1v) is 5.49. The number of nitrogens with one attached hydrogen (secondary N) is 1. The molecule has 0 aliphatic carbocycles. The summed E-state index contributed by atoms with van der Waals surface area (Å²) in [6.45, 7) is 0. The molecule has 0 aromatic heterocycles. The SMILES string of the molecule is Clc1ccccc1[C@H]1Nc2ccccc2O1. The second-order valence-corrected chi connectivity index (χ2v) is 4.07. The minimum Gasteiger partial charge on any atom is -0.464 e. The van der Waals surface area contributed by atoms with Crippen molar-refractivity contribution in [3.63, 3.8) is 0 Å². The standard InChI is InChI=1S/C13H10ClNO/c14-10-6-2-1-5-9(10)13-15-11-7-3-4-8-12(11)16-13/h1-8,13,15H/t13-/m0/s1. The Bertz CT molecular complexity index is 502. The Morgan fingerprint density at radius 3 is 2.56 bits per heavy atom. The fraction of sp³-hybridized carbons (Fsp3) is 0.0769. The summed E-state index contributed by atoms with van der Waals surface area (Å²) in [6.07, 6.45) is -0.189. The molecular weight excluding hydrogens is 222 g/mol. The summed E-state index contributed by atoms with van der Waals surface area (Å²) >= 11 is 6.13. The Labute approximate surface area is 98.8 Å². The molecule has 0 radical (unpaired) electrons. The van der Waals surface area contributed by atoms with Gasteiger partial charge in [-0.2, -0.15) is 0 Å². The molecule has 1 heterocycles. The average molecular weight is 232 g/mol. The maximum atomic E-state index is 6.13. The van der Waals surface area contributed by atoms with Gasteiger partial charge in [-0.3, -0.25) is 0 Å². The van der Waals surface area contributed by atoms with Gasteiger partial charge in [0.1, 0.15) is 5.75 Å². The van der Waals surface area contributed by atoms with Gasteiger partial charge in [-0.1, -0.05) is 41.9 Å². The van der Waals surface area contributed by atoms with Crippen molar-refractivity contribution in [3.05, 3.63) is 59.1 Å². The van der Waals surface area contributed by atoms with Crippen molar-refractivity contribution in [1.29, 1.82) is 0 Å². The van der Waals surface area contributed by atoms with Crippen LogP contribution < -0.4 is 10.1 Å². The molecule has 80 valence electrons. The lowest BCUT2D eigenvalue weighted by atomic mass is 10.2. The summed E-state index contributed by atoms with van der Waals surface area (Å²) in [5.41, 5.74) is 1.97. The Balaban J connectivity index is 1.95. The summed E-state index contributed by atoms with van der Waals surface area (Å²) in [5, 5.41) is 4.00. The maximum Gasteiger partial charge on any atom is 0.198 e. The van der Waals surface area contributed by atoms with E-state index < -0.39 is 0 Å². The number of halogens is 1. The summed E-state index contributed by atoms with van der Waals surface area (Å²) < 4.78 is 5.78. The zero-order valence-corrected chi connectivity index (χ0v) is 9.24.